The van der Waals surface area contributed by atoms with Crippen molar-refractivity contribution in [1.29, 1.82) is 0 Å². The van der Waals surface area contributed by atoms with Gasteiger partial charge in [-0.1, -0.05) is 23.8 Å². The first kappa shape index (κ1) is 14.9. The number of hydrogen-bond acceptors (Lipinski definition) is 4. The topological polar surface area (TPSA) is 61.5 Å². The fourth-order valence-electron chi connectivity index (χ4n) is 2.05. The number of nitrogen functional groups attached to an aromatic ring is 1. The normalized spacial score (nSPS) is 10.2. The van der Waals surface area contributed by atoms with Crippen molar-refractivity contribution in [1.82, 2.24) is 0 Å². The average molecular weight is 285 g/mol. The number of carbonyl (C=O) groups is 1. The summed E-state index contributed by atoms with van der Waals surface area (Å²) in [5, 5.41) is 0. The highest BCUT2D eigenvalue weighted by molar-refractivity contribution is 5.93. The smallest absolute Gasteiger partial charge is 0.341 e. The van der Waals surface area contributed by atoms with E-state index in [2.05, 4.69) is 18.2 Å². The molecule has 0 saturated heterocycles. The minimum Gasteiger partial charge on any atom is -0.488 e. The van der Waals surface area contributed by atoms with E-state index in [1.807, 2.05) is 13.8 Å². The number of nitrogens with two attached hydrogens (primary N) is 1. The summed E-state index contributed by atoms with van der Waals surface area (Å²) in [4.78, 5) is 11.7. The van der Waals surface area contributed by atoms with Crippen molar-refractivity contribution in [3.63, 3.8) is 0 Å². The van der Waals surface area contributed by atoms with E-state index in [1.165, 1.54) is 12.7 Å². The number of methoxy groups -OCH3 is 1. The molecular formula is C17H19NO3. The van der Waals surface area contributed by atoms with Gasteiger partial charge in [-0.05, 0) is 37.1 Å². The van der Waals surface area contributed by atoms with Gasteiger partial charge in [-0.25, -0.2) is 4.79 Å². The number of benzene rings is 2. The lowest BCUT2D eigenvalue weighted by Crippen LogP contribution is -2.07. The lowest BCUT2D eigenvalue weighted by atomic mass is 10.1. The summed E-state index contributed by atoms with van der Waals surface area (Å²) in [5.74, 6) is -0.00581. The van der Waals surface area contributed by atoms with Gasteiger partial charge in [-0.3, -0.25) is 0 Å². The predicted octanol–water partition coefficient (Wildman–Crippen LogP) is 3.25. The molecule has 0 unspecified atom stereocenters. The molecule has 2 aromatic rings. The molecule has 0 aliphatic rings. The van der Waals surface area contributed by atoms with Gasteiger partial charge >= 0.3 is 5.97 Å². The number of rotatable bonds is 4. The molecule has 110 valence electrons. The largest absolute Gasteiger partial charge is 0.488 e. The van der Waals surface area contributed by atoms with E-state index >= 15 is 0 Å². The van der Waals surface area contributed by atoms with Gasteiger partial charge in [0.15, 0.2) is 0 Å². The van der Waals surface area contributed by atoms with Gasteiger partial charge in [0.25, 0.3) is 0 Å². The summed E-state index contributed by atoms with van der Waals surface area (Å²) < 4.78 is 10.5. The fourth-order valence-corrected chi connectivity index (χ4v) is 2.05. The molecule has 0 spiro atoms. The Kier molecular flexibility index (Phi) is 4.48. The first-order valence-electron chi connectivity index (χ1n) is 6.68. The van der Waals surface area contributed by atoms with Gasteiger partial charge in [0.05, 0.1) is 7.11 Å². The van der Waals surface area contributed by atoms with Crippen molar-refractivity contribution < 1.29 is 14.3 Å². The highest BCUT2D eigenvalue weighted by atomic mass is 16.5. The third-order valence-electron chi connectivity index (χ3n) is 3.30. The van der Waals surface area contributed by atoms with Gasteiger partial charge in [0.2, 0.25) is 0 Å². The molecule has 0 aliphatic carbocycles. The van der Waals surface area contributed by atoms with Crippen LogP contribution in [0.2, 0.25) is 0 Å². The maximum atomic E-state index is 11.7. The van der Waals surface area contributed by atoms with Crippen molar-refractivity contribution >= 4 is 11.7 Å². The molecule has 0 bridgehead atoms. The van der Waals surface area contributed by atoms with Crippen LogP contribution >= 0.6 is 0 Å². The van der Waals surface area contributed by atoms with E-state index in [-0.39, 0.29) is 0 Å². The number of ether oxygens (including phenoxy) is 2. The summed E-state index contributed by atoms with van der Waals surface area (Å²) in [7, 11) is 1.34. The van der Waals surface area contributed by atoms with Crippen molar-refractivity contribution in [2.45, 2.75) is 20.5 Å². The van der Waals surface area contributed by atoms with Gasteiger partial charge < -0.3 is 15.2 Å². The summed E-state index contributed by atoms with van der Waals surface area (Å²) in [6, 6.07) is 11.1. The fraction of sp³-hybridized carbons (Fsp3) is 0.235. The Morgan fingerprint density at radius 3 is 2.62 bits per heavy atom. The number of carbonyl (C=O) groups excluding carboxylic acids is 1. The zero-order chi connectivity index (χ0) is 15.4. The molecule has 21 heavy (non-hydrogen) atoms. The molecule has 4 nitrogen and oxygen atoms in total. The van der Waals surface area contributed by atoms with Crippen LogP contribution in [0.5, 0.6) is 5.75 Å². The van der Waals surface area contributed by atoms with Crippen molar-refractivity contribution in [2.24, 2.45) is 0 Å². The molecule has 2 rings (SSSR count). The second-order valence-electron chi connectivity index (χ2n) is 4.97. The van der Waals surface area contributed by atoms with E-state index in [1.54, 1.807) is 18.2 Å². The van der Waals surface area contributed by atoms with E-state index in [4.69, 9.17) is 15.2 Å². The predicted molar refractivity (Wildman–Crippen MR) is 82.4 cm³/mol. The van der Waals surface area contributed by atoms with Crippen LogP contribution in [0.15, 0.2) is 36.4 Å². The van der Waals surface area contributed by atoms with Gasteiger partial charge in [-0.2, -0.15) is 0 Å². The monoisotopic (exact) mass is 285 g/mol. The maximum Gasteiger partial charge on any atom is 0.341 e. The number of hydrogen-bond donors (Lipinski definition) is 1. The van der Waals surface area contributed by atoms with E-state index < -0.39 is 5.97 Å². The lowest BCUT2D eigenvalue weighted by Gasteiger charge is -2.13. The van der Waals surface area contributed by atoms with Crippen molar-refractivity contribution in [2.75, 3.05) is 12.8 Å². The first-order chi connectivity index (χ1) is 10.0. The Morgan fingerprint density at radius 1 is 1.14 bits per heavy atom. The van der Waals surface area contributed by atoms with Gasteiger partial charge in [-0.15, -0.1) is 0 Å². The molecule has 2 N–H and O–H groups in total. The van der Waals surface area contributed by atoms with E-state index in [9.17, 15) is 4.79 Å². The van der Waals surface area contributed by atoms with Crippen LogP contribution < -0.4 is 10.5 Å². The van der Waals surface area contributed by atoms with Crippen molar-refractivity contribution in [3.8, 4) is 5.75 Å². The minimum atomic E-state index is -0.439. The summed E-state index contributed by atoms with van der Waals surface area (Å²) in [6.07, 6.45) is 0. The second kappa shape index (κ2) is 6.31. The molecule has 0 aliphatic heterocycles. The maximum absolute atomic E-state index is 11.7. The Balaban J connectivity index is 2.25. The lowest BCUT2D eigenvalue weighted by molar-refractivity contribution is 0.0595. The summed E-state index contributed by atoms with van der Waals surface area (Å²) in [5.41, 5.74) is 10.1. The SMILES string of the molecule is COC(=O)c1ccc(N)cc1OCc1cc(C)ccc1C. The van der Waals surface area contributed by atoms with Crippen molar-refractivity contribution in [3.05, 3.63) is 58.7 Å². The molecule has 0 heterocycles. The minimum absolute atomic E-state index is 0.372. The van der Waals surface area contributed by atoms with Crippen LogP contribution in [0.1, 0.15) is 27.0 Å². The van der Waals surface area contributed by atoms with Crippen LogP contribution in [0.4, 0.5) is 5.69 Å². The molecule has 0 radical (unpaired) electrons. The molecular weight excluding hydrogens is 266 g/mol. The zero-order valence-electron chi connectivity index (χ0n) is 12.5. The van der Waals surface area contributed by atoms with Crippen LogP contribution in [0.25, 0.3) is 0 Å². The first-order valence-corrected chi connectivity index (χ1v) is 6.68. The molecule has 2 aromatic carbocycles. The van der Waals surface area contributed by atoms with Crippen LogP contribution in [-0.2, 0) is 11.3 Å². The van der Waals surface area contributed by atoms with Gasteiger partial charge in [0, 0.05) is 11.8 Å². The standard InChI is InChI=1S/C17H19NO3/c1-11-4-5-12(2)13(8-11)10-21-16-9-14(18)6-7-15(16)17(19)20-3/h4-9H,10,18H2,1-3H3. The van der Waals surface area contributed by atoms with E-state index in [0.29, 0.717) is 23.6 Å². The average Bonchev–Trinajstić information content (AvgIpc) is 2.47. The Morgan fingerprint density at radius 2 is 1.90 bits per heavy atom. The molecule has 0 atom stereocenters. The third-order valence-corrected chi connectivity index (χ3v) is 3.30. The third kappa shape index (κ3) is 3.54. The molecule has 0 saturated carbocycles. The Bertz CT molecular complexity index is 665. The highest BCUT2D eigenvalue weighted by Crippen LogP contribution is 2.24. The number of aryl methyl sites for hydroxylation is 2. The highest BCUT2D eigenvalue weighted by Gasteiger charge is 2.13. The molecule has 0 aromatic heterocycles. The Hall–Kier alpha value is -2.49. The molecule has 4 heteroatoms. The van der Waals surface area contributed by atoms with Crippen LogP contribution in [-0.4, -0.2) is 13.1 Å². The molecule has 0 amide bonds. The molecule has 0 fully saturated rings. The summed E-state index contributed by atoms with van der Waals surface area (Å²) >= 11 is 0. The number of esters is 1. The summed E-state index contributed by atoms with van der Waals surface area (Å²) in [6.45, 7) is 4.43. The number of anilines is 1. The van der Waals surface area contributed by atoms with Gasteiger partial charge in [0.1, 0.15) is 17.9 Å². The van der Waals surface area contributed by atoms with E-state index in [0.717, 1.165) is 11.1 Å². The second-order valence-corrected chi connectivity index (χ2v) is 4.97. The zero-order valence-corrected chi connectivity index (χ0v) is 12.5. The quantitative estimate of drug-likeness (QED) is 0.692. The Labute approximate surface area is 124 Å². The van der Waals surface area contributed by atoms with Crippen LogP contribution in [0, 0.1) is 13.8 Å². The van der Waals surface area contributed by atoms with Crippen LogP contribution in [0.3, 0.4) is 0 Å².